The Balaban J connectivity index is 1.91. The maximum absolute atomic E-state index is 4.77. The Kier molecular flexibility index (Phi) is 4.26. The van der Waals surface area contributed by atoms with Crippen LogP contribution < -0.4 is 0 Å². The van der Waals surface area contributed by atoms with Gasteiger partial charge in [-0.3, -0.25) is 0 Å². The summed E-state index contributed by atoms with van der Waals surface area (Å²) in [5, 5.41) is 5.41. The first kappa shape index (κ1) is 15.5. The molecule has 0 unspecified atom stereocenters. The van der Waals surface area contributed by atoms with Crippen molar-refractivity contribution in [3.63, 3.8) is 0 Å². The molecule has 0 N–H and O–H groups in total. The molecule has 0 aliphatic rings. The molecule has 0 saturated carbocycles. The average molecular weight is 345 g/mol. The molecule has 0 fully saturated rings. The first-order chi connectivity index (χ1) is 12.3. The summed E-state index contributed by atoms with van der Waals surface area (Å²) in [7, 11) is 0. The van der Waals surface area contributed by atoms with Crippen molar-refractivity contribution in [1.82, 2.24) is 24.7 Å². The van der Waals surface area contributed by atoms with Crippen LogP contribution in [-0.4, -0.2) is 31.0 Å². The Morgan fingerprint density at radius 3 is 2.16 bits per heavy atom. The fraction of sp³-hybridized carbons (Fsp3) is 0.0526. The largest absolute Gasteiger partial charge is 0.231 e. The third-order valence-electron chi connectivity index (χ3n) is 3.69. The number of hydrogen-bond donors (Lipinski definition) is 0. The van der Waals surface area contributed by atoms with Crippen molar-refractivity contribution in [2.24, 2.45) is 0 Å². The fourth-order valence-electron chi connectivity index (χ4n) is 2.50. The molecule has 0 aliphatic carbocycles. The molecular formula is C19H15N5S. The van der Waals surface area contributed by atoms with E-state index in [1.165, 1.54) is 11.8 Å². The van der Waals surface area contributed by atoms with E-state index in [2.05, 4.69) is 9.97 Å². The van der Waals surface area contributed by atoms with E-state index in [4.69, 9.17) is 10.1 Å². The molecule has 0 aliphatic heterocycles. The molecule has 4 aromatic rings. The maximum atomic E-state index is 4.77. The Morgan fingerprint density at radius 1 is 0.800 bits per heavy atom. The van der Waals surface area contributed by atoms with Gasteiger partial charge in [0.05, 0.1) is 0 Å². The standard InChI is InChI=1S/C19H15N5S/c1-25-19-20-13-12-16(21-19)24-18(15-10-6-3-7-11-15)22-17(23-24)14-8-4-2-5-9-14/h2-13H,1H3. The molecule has 0 amide bonds. The molecule has 0 radical (unpaired) electrons. The second-order valence-corrected chi connectivity index (χ2v) is 6.08. The zero-order chi connectivity index (χ0) is 17.1. The number of benzene rings is 2. The second kappa shape index (κ2) is 6.86. The van der Waals surface area contributed by atoms with Gasteiger partial charge in [-0.15, -0.1) is 5.10 Å². The van der Waals surface area contributed by atoms with Gasteiger partial charge in [-0.25, -0.2) is 15.0 Å². The maximum Gasteiger partial charge on any atom is 0.189 e. The summed E-state index contributed by atoms with van der Waals surface area (Å²) >= 11 is 1.50. The summed E-state index contributed by atoms with van der Waals surface area (Å²) in [5.41, 5.74) is 1.96. The Labute approximate surface area is 149 Å². The molecule has 4 rings (SSSR count). The topological polar surface area (TPSA) is 56.5 Å². The number of thioether (sulfide) groups is 1. The van der Waals surface area contributed by atoms with Gasteiger partial charge >= 0.3 is 0 Å². The second-order valence-electron chi connectivity index (χ2n) is 5.30. The summed E-state index contributed by atoms with van der Waals surface area (Å²) in [6.07, 6.45) is 3.70. The van der Waals surface area contributed by atoms with Crippen molar-refractivity contribution in [1.29, 1.82) is 0 Å². The molecule has 0 saturated heterocycles. The number of aromatic nitrogens is 5. The zero-order valence-electron chi connectivity index (χ0n) is 13.6. The molecule has 25 heavy (non-hydrogen) atoms. The van der Waals surface area contributed by atoms with Crippen molar-refractivity contribution >= 4 is 11.8 Å². The summed E-state index contributed by atoms with van der Waals surface area (Å²) in [6.45, 7) is 0. The molecule has 122 valence electrons. The van der Waals surface area contributed by atoms with Crippen molar-refractivity contribution in [2.75, 3.05) is 6.26 Å². The molecule has 2 aromatic heterocycles. The van der Waals surface area contributed by atoms with E-state index in [-0.39, 0.29) is 0 Å². The van der Waals surface area contributed by atoms with E-state index in [9.17, 15) is 0 Å². The van der Waals surface area contributed by atoms with E-state index in [1.807, 2.05) is 73.0 Å². The van der Waals surface area contributed by atoms with Crippen LogP contribution in [0.1, 0.15) is 0 Å². The lowest BCUT2D eigenvalue weighted by Gasteiger charge is -2.05. The minimum atomic E-state index is 0.670. The predicted octanol–water partition coefficient (Wildman–Crippen LogP) is 4.11. The number of hydrogen-bond acceptors (Lipinski definition) is 5. The molecule has 0 bridgehead atoms. The molecule has 5 nitrogen and oxygen atoms in total. The van der Waals surface area contributed by atoms with Gasteiger partial charge < -0.3 is 0 Å². The van der Waals surface area contributed by atoms with Gasteiger partial charge in [0.15, 0.2) is 22.6 Å². The van der Waals surface area contributed by atoms with E-state index in [0.29, 0.717) is 16.8 Å². The van der Waals surface area contributed by atoms with Crippen LogP contribution in [0.5, 0.6) is 0 Å². The van der Waals surface area contributed by atoms with E-state index in [1.54, 1.807) is 10.9 Å². The highest BCUT2D eigenvalue weighted by Gasteiger charge is 2.16. The monoisotopic (exact) mass is 345 g/mol. The molecule has 6 heteroatoms. The van der Waals surface area contributed by atoms with Crippen molar-refractivity contribution in [3.8, 4) is 28.6 Å². The van der Waals surface area contributed by atoms with Gasteiger partial charge in [0.2, 0.25) is 0 Å². The highest BCUT2D eigenvalue weighted by Crippen LogP contribution is 2.24. The van der Waals surface area contributed by atoms with Crippen LogP contribution in [0.25, 0.3) is 28.6 Å². The van der Waals surface area contributed by atoms with Gasteiger partial charge in [0, 0.05) is 23.4 Å². The third-order valence-corrected chi connectivity index (χ3v) is 4.25. The Morgan fingerprint density at radius 2 is 1.48 bits per heavy atom. The van der Waals surface area contributed by atoms with Gasteiger partial charge in [-0.05, 0) is 6.26 Å². The fourth-order valence-corrected chi connectivity index (χ4v) is 2.85. The SMILES string of the molecule is CSc1nccc(-n2nc(-c3ccccc3)nc2-c2ccccc2)n1. The zero-order valence-corrected chi connectivity index (χ0v) is 14.4. The van der Waals surface area contributed by atoms with Crippen LogP contribution in [0.2, 0.25) is 0 Å². The molecule has 0 spiro atoms. The third kappa shape index (κ3) is 3.16. The van der Waals surface area contributed by atoms with E-state index in [0.717, 1.165) is 17.0 Å². The van der Waals surface area contributed by atoms with Gasteiger partial charge in [0.25, 0.3) is 0 Å². The predicted molar refractivity (Wildman–Crippen MR) is 99.6 cm³/mol. The number of rotatable bonds is 4. The van der Waals surface area contributed by atoms with Crippen LogP contribution in [0.4, 0.5) is 0 Å². The molecule has 0 atom stereocenters. The highest BCUT2D eigenvalue weighted by molar-refractivity contribution is 7.98. The summed E-state index contributed by atoms with van der Waals surface area (Å²) in [5.74, 6) is 2.13. The van der Waals surface area contributed by atoms with E-state index >= 15 is 0 Å². The summed E-state index contributed by atoms with van der Waals surface area (Å²) < 4.78 is 1.78. The molecule has 2 aromatic carbocycles. The lowest BCUT2D eigenvalue weighted by molar-refractivity contribution is 0.814. The van der Waals surface area contributed by atoms with Crippen LogP contribution in [0.3, 0.4) is 0 Å². The van der Waals surface area contributed by atoms with Crippen molar-refractivity contribution in [2.45, 2.75) is 5.16 Å². The molecule has 2 heterocycles. The van der Waals surface area contributed by atoms with Crippen LogP contribution in [0.15, 0.2) is 78.1 Å². The van der Waals surface area contributed by atoms with E-state index < -0.39 is 0 Å². The van der Waals surface area contributed by atoms with Gasteiger partial charge in [-0.2, -0.15) is 4.68 Å². The molecular weight excluding hydrogens is 330 g/mol. The summed E-state index contributed by atoms with van der Waals surface area (Å²) in [6, 6.07) is 21.8. The normalized spacial score (nSPS) is 10.8. The lowest BCUT2D eigenvalue weighted by atomic mass is 10.2. The van der Waals surface area contributed by atoms with Crippen LogP contribution in [-0.2, 0) is 0 Å². The highest BCUT2D eigenvalue weighted by atomic mass is 32.2. The van der Waals surface area contributed by atoms with Gasteiger partial charge in [-0.1, -0.05) is 72.4 Å². The first-order valence-corrected chi connectivity index (χ1v) is 9.03. The number of nitrogens with zero attached hydrogens (tertiary/aromatic N) is 5. The summed E-state index contributed by atoms with van der Waals surface area (Å²) in [4.78, 5) is 13.6. The van der Waals surface area contributed by atoms with Gasteiger partial charge in [0.1, 0.15) is 0 Å². The van der Waals surface area contributed by atoms with Crippen molar-refractivity contribution < 1.29 is 0 Å². The average Bonchev–Trinajstić information content (AvgIpc) is 3.15. The Bertz CT molecular complexity index is 983. The Hall–Kier alpha value is -2.99. The minimum Gasteiger partial charge on any atom is -0.231 e. The lowest BCUT2D eigenvalue weighted by Crippen LogP contribution is -2.03. The minimum absolute atomic E-state index is 0.670. The quantitative estimate of drug-likeness (QED) is 0.411. The first-order valence-electron chi connectivity index (χ1n) is 7.80. The van der Waals surface area contributed by atoms with Crippen LogP contribution in [0, 0.1) is 0 Å². The van der Waals surface area contributed by atoms with Crippen LogP contribution >= 0.6 is 11.8 Å². The van der Waals surface area contributed by atoms with Crippen molar-refractivity contribution in [3.05, 3.63) is 72.9 Å². The smallest absolute Gasteiger partial charge is 0.189 e.